The summed E-state index contributed by atoms with van der Waals surface area (Å²) in [5.74, 6) is -0.338. The van der Waals surface area contributed by atoms with E-state index in [0.717, 1.165) is 18.2 Å². The molecule has 0 aromatic carbocycles. The van der Waals surface area contributed by atoms with Crippen molar-refractivity contribution in [2.24, 2.45) is 0 Å². The molecule has 0 amide bonds. The zero-order valence-electron chi connectivity index (χ0n) is 10.7. The summed E-state index contributed by atoms with van der Waals surface area (Å²) in [5.41, 5.74) is 0. The van der Waals surface area contributed by atoms with Crippen LogP contribution in [-0.4, -0.2) is 49.1 Å². The number of ether oxygens (including phenoxy) is 1. The van der Waals surface area contributed by atoms with E-state index in [4.69, 9.17) is 0 Å². The maximum Gasteiger partial charge on any atom is 0.349 e. The molecule has 0 aliphatic carbocycles. The number of rotatable bonds is 6. The van der Waals surface area contributed by atoms with Crippen LogP contribution in [0, 0.1) is 0 Å². The van der Waals surface area contributed by atoms with Crippen molar-refractivity contribution >= 4 is 22.4 Å². The minimum absolute atomic E-state index is 0.338. The Morgan fingerprint density at radius 3 is 2.94 bits per heavy atom. The summed E-state index contributed by atoms with van der Waals surface area (Å²) < 4.78 is 4.62. The Morgan fingerprint density at radius 1 is 1.65 bits per heavy atom. The highest BCUT2D eigenvalue weighted by molar-refractivity contribution is 7.17. The summed E-state index contributed by atoms with van der Waals surface area (Å²) in [4.78, 5) is 18.1. The number of thiazole rings is 1. The highest BCUT2D eigenvalue weighted by Gasteiger charge is 2.10. The fraction of sp³-hybridized carbons (Fsp3) is 0.636. The molecule has 0 saturated heterocycles. The molecule has 0 bridgehead atoms. The van der Waals surface area contributed by atoms with E-state index >= 15 is 0 Å². The van der Waals surface area contributed by atoms with E-state index in [0.29, 0.717) is 10.9 Å². The summed E-state index contributed by atoms with van der Waals surface area (Å²) in [5, 5.41) is 3.94. The lowest BCUT2D eigenvalue weighted by Crippen LogP contribution is -2.31. The summed E-state index contributed by atoms with van der Waals surface area (Å²) in [7, 11) is 3.45. The second-order valence-electron chi connectivity index (χ2n) is 4.02. The number of hydrogen-bond acceptors (Lipinski definition) is 6. The maximum atomic E-state index is 11.2. The molecule has 0 fully saturated rings. The van der Waals surface area contributed by atoms with Crippen LogP contribution in [0.5, 0.6) is 0 Å². The van der Waals surface area contributed by atoms with Gasteiger partial charge in [-0.1, -0.05) is 11.3 Å². The summed E-state index contributed by atoms with van der Waals surface area (Å²) >= 11 is 1.31. The molecule has 1 aromatic rings. The SMILES string of the molecule is COC(=O)c1cnc(NCCN(C)C(C)C)s1. The van der Waals surface area contributed by atoms with E-state index in [9.17, 15) is 4.79 Å². The summed E-state index contributed by atoms with van der Waals surface area (Å²) in [6, 6.07) is 0.527. The van der Waals surface area contributed by atoms with Gasteiger partial charge in [0.25, 0.3) is 0 Å². The summed E-state index contributed by atoms with van der Waals surface area (Å²) in [6.07, 6.45) is 1.53. The molecule has 0 spiro atoms. The predicted octanol–water partition coefficient (Wildman–Crippen LogP) is 1.68. The van der Waals surface area contributed by atoms with Crippen molar-refractivity contribution in [3.63, 3.8) is 0 Å². The highest BCUT2D eigenvalue weighted by atomic mass is 32.1. The number of anilines is 1. The molecule has 0 atom stereocenters. The molecule has 1 rings (SSSR count). The van der Waals surface area contributed by atoms with Gasteiger partial charge in [-0.05, 0) is 20.9 Å². The number of nitrogens with one attached hydrogen (secondary N) is 1. The van der Waals surface area contributed by atoms with Gasteiger partial charge in [-0.3, -0.25) is 0 Å². The van der Waals surface area contributed by atoms with Crippen LogP contribution in [0.3, 0.4) is 0 Å². The number of esters is 1. The number of nitrogens with zero attached hydrogens (tertiary/aromatic N) is 2. The number of hydrogen-bond donors (Lipinski definition) is 1. The molecule has 1 N–H and O–H groups in total. The number of likely N-dealkylation sites (N-methyl/N-ethyl adjacent to an activating group) is 1. The van der Waals surface area contributed by atoms with E-state index in [1.165, 1.54) is 24.6 Å². The Bertz CT molecular complexity index is 365. The first-order valence-electron chi connectivity index (χ1n) is 5.53. The van der Waals surface area contributed by atoms with Crippen LogP contribution in [0.2, 0.25) is 0 Å². The lowest BCUT2D eigenvalue weighted by atomic mass is 10.3. The van der Waals surface area contributed by atoms with Gasteiger partial charge >= 0.3 is 5.97 Å². The average Bonchev–Trinajstić information content (AvgIpc) is 2.76. The Hall–Kier alpha value is -1.14. The lowest BCUT2D eigenvalue weighted by Gasteiger charge is -2.20. The van der Waals surface area contributed by atoms with Crippen LogP contribution in [0.15, 0.2) is 6.20 Å². The van der Waals surface area contributed by atoms with Gasteiger partial charge in [0, 0.05) is 19.1 Å². The first-order valence-corrected chi connectivity index (χ1v) is 6.34. The second kappa shape index (κ2) is 6.56. The van der Waals surface area contributed by atoms with Crippen molar-refractivity contribution in [1.29, 1.82) is 0 Å². The molecule has 6 heteroatoms. The van der Waals surface area contributed by atoms with E-state index in [1.807, 2.05) is 0 Å². The van der Waals surface area contributed by atoms with E-state index in [1.54, 1.807) is 0 Å². The van der Waals surface area contributed by atoms with Crippen LogP contribution in [-0.2, 0) is 4.74 Å². The van der Waals surface area contributed by atoms with Crippen LogP contribution in [0.1, 0.15) is 23.5 Å². The minimum Gasteiger partial charge on any atom is -0.465 e. The van der Waals surface area contributed by atoms with Crippen molar-refractivity contribution in [3.05, 3.63) is 11.1 Å². The molecule has 0 unspecified atom stereocenters. The van der Waals surface area contributed by atoms with Gasteiger partial charge in [0.2, 0.25) is 0 Å². The van der Waals surface area contributed by atoms with Crippen LogP contribution in [0.25, 0.3) is 0 Å². The predicted molar refractivity (Wildman–Crippen MR) is 69.7 cm³/mol. The van der Waals surface area contributed by atoms with Crippen LogP contribution < -0.4 is 5.32 Å². The first kappa shape index (κ1) is 13.9. The van der Waals surface area contributed by atoms with Crippen molar-refractivity contribution in [3.8, 4) is 0 Å². The number of methoxy groups -OCH3 is 1. The molecule has 1 aromatic heterocycles. The van der Waals surface area contributed by atoms with E-state index in [-0.39, 0.29) is 5.97 Å². The molecular weight excluding hydrogens is 238 g/mol. The number of aromatic nitrogens is 1. The summed E-state index contributed by atoms with van der Waals surface area (Å²) in [6.45, 7) is 6.05. The third kappa shape index (κ3) is 4.32. The lowest BCUT2D eigenvalue weighted by molar-refractivity contribution is 0.0606. The van der Waals surface area contributed by atoms with Gasteiger partial charge in [-0.25, -0.2) is 9.78 Å². The topological polar surface area (TPSA) is 54.5 Å². The zero-order valence-corrected chi connectivity index (χ0v) is 11.5. The van der Waals surface area contributed by atoms with Gasteiger partial charge < -0.3 is 15.0 Å². The molecule has 0 radical (unpaired) electrons. The van der Waals surface area contributed by atoms with Crippen molar-refractivity contribution in [1.82, 2.24) is 9.88 Å². The molecule has 5 nitrogen and oxygen atoms in total. The molecule has 17 heavy (non-hydrogen) atoms. The monoisotopic (exact) mass is 257 g/mol. The molecule has 0 aliphatic rings. The quantitative estimate of drug-likeness (QED) is 0.786. The first-order chi connectivity index (χ1) is 8.04. The van der Waals surface area contributed by atoms with Gasteiger partial charge in [0.05, 0.1) is 13.3 Å². The molecule has 96 valence electrons. The molecular formula is C11H19N3O2S. The Kier molecular flexibility index (Phi) is 5.37. The molecule has 0 aliphatic heterocycles. The van der Waals surface area contributed by atoms with Crippen LogP contribution >= 0.6 is 11.3 Å². The standard InChI is InChI=1S/C11H19N3O2S/c1-8(2)14(3)6-5-12-11-13-7-9(17-11)10(15)16-4/h7-8H,5-6H2,1-4H3,(H,12,13). The molecule has 0 saturated carbocycles. The highest BCUT2D eigenvalue weighted by Crippen LogP contribution is 2.18. The zero-order chi connectivity index (χ0) is 12.8. The van der Waals surface area contributed by atoms with Crippen LogP contribution in [0.4, 0.5) is 5.13 Å². The van der Waals surface area contributed by atoms with E-state index in [2.05, 4.69) is 40.8 Å². The fourth-order valence-electron chi connectivity index (χ4n) is 1.15. The molecule has 1 heterocycles. The van der Waals surface area contributed by atoms with Crippen molar-refractivity contribution in [2.45, 2.75) is 19.9 Å². The maximum absolute atomic E-state index is 11.2. The van der Waals surface area contributed by atoms with Crippen molar-refractivity contribution < 1.29 is 9.53 Å². The van der Waals surface area contributed by atoms with Crippen molar-refractivity contribution in [2.75, 3.05) is 32.6 Å². The van der Waals surface area contributed by atoms with Gasteiger partial charge in [-0.2, -0.15) is 0 Å². The third-order valence-electron chi connectivity index (χ3n) is 2.51. The van der Waals surface area contributed by atoms with Gasteiger partial charge in [0.15, 0.2) is 5.13 Å². The van der Waals surface area contributed by atoms with E-state index < -0.39 is 0 Å². The van der Waals surface area contributed by atoms with Gasteiger partial charge in [0.1, 0.15) is 4.88 Å². The largest absolute Gasteiger partial charge is 0.465 e. The Balaban J connectivity index is 2.37. The third-order valence-corrected chi connectivity index (χ3v) is 3.45. The van der Waals surface area contributed by atoms with Gasteiger partial charge in [-0.15, -0.1) is 0 Å². The number of carbonyl (C=O) groups is 1. The Labute approximate surface area is 106 Å². The smallest absolute Gasteiger partial charge is 0.349 e. The average molecular weight is 257 g/mol. The second-order valence-corrected chi connectivity index (χ2v) is 5.05. The number of carbonyl (C=O) groups excluding carboxylic acids is 1. The Morgan fingerprint density at radius 2 is 2.35 bits per heavy atom. The fourth-order valence-corrected chi connectivity index (χ4v) is 1.91. The normalized spacial score (nSPS) is 10.9. The minimum atomic E-state index is -0.338.